The maximum atomic E-state index is 13.3. The number of amides is 3. The van der Waals surface area contributed by atoms with Gasteiger partial charge in [0.2, 0.25) is 5.91 Å². The predicted molar refractivity (Wildman–Crippen MR) is 178 cm³/mol. The average molecular weight is 666 g/mol. The van der Waals surface area contributed by atoms with Crippen LogP contribution in [0.25, 0.3) is 16.6 Å². The van der Waals surface area contributed by atoms with Crippen molar-refractivity contribution in [3.63, 3.8) is 0 Å². The van der Waals surface area contributed by atoms with Crippen molar-refractivity contribution in [1.82, 2.24) is 10.3 Å². The summed E-state index contributed by atoms with van der Waals surface area (Å²) >= 11 is 16.8. The van der Waals surface area contributed by atoms with Crippen LogP contribution in [0.5, 0.6) is 0 Å². The van der Waals surface area contributed by atoms with Crippen molar-refractivity contribution in [2.24, 2.45) is 0 Å². The van der Waals surface area contributed by atoms with Crippen LogP contribution in [0.1, 0.15) is 15.9 Å². The summed E-state index contributed by atoms with van der Waals surface area (Å²) in [4.78, 5) is 45.0. The SMILES string of the molecule is O=C(CSc1ccc(NC(=O)/C(=C/c2cccc(Cl)c2Cl)NC(=O)c2ccccc2)cc1)Nc1nc(-c2cccs2)cs1. The Labute approximate surface area is 270 Å². The number of rotatable bonds is 10. The first-order valence-electron chi connectivity index (χ1n) is 12.7. The molecule has 0 aliphatic heterocycles. The normalized spacial score (nSPS) is 11.2. The molecule has 0 aliphatic carbocycles. The topological polar surface area (TPSA) is 100 Å². The highest BCUT2D eigenvalue weighted by atomic mass is 35.5. The van der Waals surface area contributed by atoms with Crippen LogP contribution in [0, 0.1) is 0 Å². The Balaban J connectivity index is 1.21. The van der Waals surface area contributed by atoms with E-state index in [1.165, 1.54) is 29.2 Å². The third-order valence-corrected chi connectivity index (χ3v) is 9.31. The molecule has 12 heteroatoms. The molecule has 7 nitrogen and oxygen atoms in total. The van der Waals surface area contributed by atoms with Gasteiger partial charge in [0.05, 0.1) is 26.4 Å². The number of carbonyl (C=O) groups is 3. The molecular weight excluding hydrogens is 643 g/mol. The zero-order chi connectivity index (χ0) is 30.2. The van der Waals surface area contributed by atoms with Gasteiger partial charge in [-0.3, -0.25) is 14.4 Å². The Morgan fingerprint density at radius 2 is 1.65 bits per heavy atom. The first-order chi connectivity index (χ1) is 20.9. The second-order valence-corrected chi connectivity index (χ2v) is 12.5. The van der Waals surface area contributed by atoms with Crippen LogP contribution in [-0.2, 0) is 9.59 Å². The number of thioether (sulfide) groups is 1. The standard InChI is InChI=1S/C31H22Cl2N4O3S3/c32-23-9-4-8-20(28(23)33)16-24(35-29(39)19-6-2-1-3-7-19)30(40)34-21-11-13-22(14-12-21)42-18-27(38)37-31-36-25(17-43-31)26-10-5-15-41-26/h1-17H,18H2,(H,34,40)(H,35,39)(H,36,37,38)/b24-16-. The van der Waals surface area contributed by atoms with Crippen molar-refractivity contribution in [2.75, 3.05) is 16.4 Å². The number of halogens is 2. The van der Waals surface area contributed by atoms with Crippen molar-refractivity contribution in [1.29, 1.82) is 0 Å². The van der Waals surface area contributed by atoms with E-state index in [2.05, 4.69) is 20.9 Å². The third-order valence-electron chi connectivity index (χ3n) is 5.82. The summed E-state index contributed by atoms with van der Waals surface area (Å²) in [6, 6.07) is 24.5. The van der Waals surface area contributed by atoms with E-state index in [0.717, 1.165) is 15.5 Å². The van der Waals surface area contributed by atoms with Gasteiger partial charge in [-0.15, -0.1) is 34.4 Å². The highest BCUT2D eigenvalue weighted by Gasteiger charge is 2.17. The van der Waals surface area contributed by atoms with Gasteiger partial charge < -0.3 is 16.0 Å². The maximum Gasteiger partial charge on any atom is 0.272 e. The fraction of sp³-hybridized carbons (Fsp3) is 0.0323. The van der Waals surface area contributed by atoms with Gasteiger partial charge in [-0.2, -0.15) is 0 Å². The summed E-state index contributed by atoms with van der Waals surface area (Å²) in [6.07, 6.45) is 1.47. The lowest BCUT2D eigenvalue weighted by Crippen LogP contribution is -2.30. The number of hydrogen-bond donors (Lipinski definition) is 3. The summed E-state index contributed by atoms with van der Waals surface area (Å²) in [7, 11) is 0. The molecule has 0 fully saturated rings. The molecule has 0 unspecified atom stereocenters. The molecule has 2 aromatic heterocycles. The Morgan fingerprint density at radius 3 is 2.40 bits per heavy atom. The number of thiophene rings is 1. The zero-order valence-electron chi connectivity index (χ0n) is 22.2. The monoisotopic (exact) mass is 664 g/mol. The molecule has 3 N–H and O–H groups in total. The average Bonchev–Trinajstić information content (AvgIpc) is 3.72. The smallest absolute Gasteiger partial charge is 0.272 e. The molecule has 3 amide bonds. The van der Waals surface area contributed by atoms with Gasteiger partial charge in [-0.05, 0) is 65.6 Å². The van der Waals surface area contributed by atoms with E-state index >= 15 is 0 Å². The van der Waals surface area contributed by atoms with Gasteiger partial charge in [0, 0.05) is 21.5 Å². The van der Waals surface area contributed by atoms with E-state index in [-0.39, 0.29) is 22.4 Å². The molecule has 216 valence electrons. The molecule has 0 bridgehead atoms. The number of nitrogens with one attached hydrogen (secondary N) is 3. The number of anilines is 2. The van der Waals surface area contributed by atoms with Gasteiger partial charge in [0.25, 0.3) is 11.8 Å². The largest absolute Gasteiger partial charge is 0.321 e. The summed E-state index contributed by atoms with van der Waals surface area (Å²) in [5.74, 6) is -0.979. The van der Waals surface area contributed by atoms with E-state index in [1.807, 2.05) is 22.9 Å². The minimum Gasteiger partial charge on any atom is -0.321 e. The van der Waals surface area contributed by atoms with Crippen LogP contribution in [0.2, 0.25) is 10.0 Å². The van der Waals surface area contributed by atoms with Crippen molar-refractivity contribution in [3.8, 4) is 10.6 Å². The molecule has 3 aromatic carbocycles. The van der Waals surface area contributed by atoms with E-state index in [1.54, 1.807) is 84.1 Å². The molecule has 0 aliphatic rings. The van der Waals surface area contributed by atoms with Gasteiger partial charge in [-0.25, -0.2) is 4.98 Å². The van der Waals surface area contributed by atoms with Gasteiger partial charge >= 0.3 is 0 Å². The maximum absolute atomic E-state index is 13.3. The minimum absolute atomic E-state index is 0.0161. The molecule has 5 aromatic rings. The van der Waals surface area contributed by atoms with Crippen LogP contribution < -0.4 is 16.0 Å². The lowest BCUT2D eigenvalue weighted by Gasteiger charge is -2.12. The highest BCUT2D eigenvalue weighted by molar-refractivity contribution is 8.00. The number of hydrogen-bond acceptors (Lipinski definition) is 7. The number of thiazole rings is 1. The fourth-order valence-electron chi connectivity index (χ4n) is 3.74. The number of carbonyl (C=O) groups excluding carboxylic acids is 3. The molecule has 2 heterocycles. The summed E-state index contributed by atoms with van der Waals surface area (Å²) in [5.41, 5.74) is 2.19. The van der Waals surface area contributed by atoms with E-state index < -0.39 is 11.8 Å². The lowest BCUT2D eigenvalue weighted by atomic mass is 10.1. The molecule has 0 saturated heterocycles. The van der Waals surface area contributed by atoms with Gasteiger partial charge in [0.1, 0.15) is 5.70 Å². The Bertz CT molecular complexity index is 1770. The van der Waals surface area contributed by atoms with Crippen LogP contribution >= 0.6 is 57.6 Å². The van der Waals surface area contributed by atoms with Crippen molar-refractivity contribution in [3.05, 3.63) is 123 Å². The number of aromatic nitrogens is 1. The molecule has 43 heavy (non-hydrogen) atoms. The molecule has 0 spiro atoms. The van der Waals surface area contributed by atoms with Gasteiger partial charge in [0.15, 0.2) is 5.13 Å². The van der Waals surface area contributed by atoms with Gasteiger partial charge in [-0.1, -0.05) is 59.6 Å². The van der Waals surface area contributed by atoms with Crippen LogP contribution in [-0.4, -0.2) is 28.5 Å². The van der Waals surface area contributed by atoms with E-state index in [0.29, 0.717) is 27.0 Å². The zero-order valence-corrected chi connectivity index (χ0v) is 26.1. The fourth-order valence-corrected chi connectivity index (χ4v) is 6.28. The summed E-state index contributed by atoms with van der Waals surface area (Å²) < 4.78 is 0. The molecule has 0 radical (unpaired) electrons. The third kappa shape index (κ3) is 8.34. The second kappa shape index (κ2) is 14.5. The van der Waals surface area contributed by atoms with Crippen LogP contribution in [0.3, 0.4) is 0 Å². The molecule has 5 rings (SSSR count). The van der Waals surface area contributed by atoms with Crippen molar-refractivity contribution < 1.29 is 14.4 Å². The molecule has 0 atom stereocenters. The summed E-state index contributed by atoms with van der Waals surface area (Å²) in [6.45, 7) is 0. The first kappa shape index (κ1) is 30.5. The second-order valence-electron chi connectivity index (χ2n) is 8.85. The summed E-state index contributed by atoms with van der Waals surface area (Å²) in [5, 5.41) is 13.3. The van der Waals surface area contributed by atoms with E-state index in [9.17, 15) is 14.4 Å². The lowest BCUT2D eigenvalue weighted by molar-refractivity contribution is -0.114. The van der Waals surface area contributed by atoms with Crippen LogP contribution in [0.15, 0.2) is 106 Å². The van der Waals surface area contributed by atoms with E-state index in [4.69, 9.17) is 23.2 Å². The Hall–Kier alpha value is -3.93. The Kier molecular flexibility index (Phi) is 10.3. The molecule has 0 saturated carbocycles. The van der Waals surface area contributed by atoms with Crippen LogP contribution in [0.4, 0.5) is 10.8 Å². The molecular formula is C31H22Cl2N4O3S3. The first-order valence-corrected chi connectivity index (χ1v) is 16.2. The predicted octanol–water partition coefficient (Wildman–Crippen LogP) is 8.32. The minimum atomic E-state index is -0.550. The Morgan fingerprint density at radius 1 is 0.860 bits per heavy atom. The van der Waals surface area contributed by atoms with Crippen molar-refractivity contribution in [2.45, 2.75) is 4.90 Å². The number of nitrogens with zero attached hydrogens (tertiary/aromatic N) is 1. The van der Waals surface area contributed by atoms with Crippen molar-refractivity contribution >= 4 is 92.3 Å². The highest BCUT2D eigenvalue weighted by Crippen LogP contribution is 2.29. The number of benzene rings is 3. The quantitative estimate of drug-likeness (QED) is 0.103.